The average molecular weight is 1140 g/mol. The zero-order chi connectivity index (χ0) is 49.4. The molecule has 0 N–H and O–H groups in total. The second-order valence-corrected chi connectivity index (χ2v) is 43.2. The third-order valence-electron chi connectivity index (χ3n) is 12.3. The van der Waals surface area contributed by atoms with Crippen molar-refractivity contribution in [3.63, 3.8) is 0 Å². The van der Waals surface area contributed by atoms with Crippen LogP contribution in [0.3, 0.4) is 0 Å². The monoisotopic (exact) mass is 1140 g/mol. The molecule has 6 bridgehead atoms. The number of fused-ring (bicyclic) bond motifs is 6. The number of rotatable bonds is 8. The van der Waals surface area contributed by atoms with E-state index in [1.807, 2.05) is 256 Å². The van der Waals surface area contributed by atoms with Gasteiger partial charge in [0, 0.05) is 31.1 Å². The minimum Gasteiger partial charge on any atom is -0.413 e. The van der Waals surface area contributed by atoms with Crippen LogP contribution in [0.15, 0.2) is 243 Å². The fourth-order valence-corrected chi connectivity index (χ4v) is 54.8. The summed E-state index contributed by atoms with van der Waals surface area (Å²) in [6.45, 7) is 3.93. The number of hydrogen-bond acceptors (Lipinski definition) is 13. The Morgan fingerprint density at radius 2 is 0.507 bits per heavy atom. The van der Waals surface area contributed by atoms with Gasteiger partial charge in [0.2, 0.25) is 0 Å². The van der Waals surface area contributed by atoms with E-state index in [2.05, 4.69) is 0 Å². The molecule has 4 aliphatic heterocycles. The van der Waals surface area contributed by atoms with Gasteiger partial charge >= 0.3 is 90.0 Å². The summed E-state index contributed by atoms with van der Waals surface area (Å²) < 4.78 is 103. The number of hydrogen-bond donors (Lipinski definition) is 0. The normalized spacial score (nSPS) is 30.9. The first kappa shape index (κ1) is 49.3. The Morgan fingerprint density at radius 3 is 0.918 bits per heavy atom. The summed E-state index contributed by atoms with van der Waals surface area (Å²) in [6, 6.07) is 78.2. The van der Waals surface area contributed by atoms with Crippen molar-refractivity contribution >= 4 is 131 Å². The summed E-state index contributed by atoms with van der Waals surface area (Å²) in [5, 5.41) is 5.11. The topological polar surface area (TPSA) is 120 Å². The fourth-order valence-electron chi connectivity index (χ4n) is 9.06. The van der Waals surface area contributed by atoms with Gasteiger partial charge in [-0.1, -0.05) is 243 Å². The van der Waals surface area contributed by atoms with Crippen molar-refractivity contribution in [3.05, 3.63) is 243 Å². The van der Waals surface area contributed by atoms with E-state index in [-0.39, 0.29) is 0 Å². The van der Waals surface area contributed by atoms with Gasteiger partial charge in [0.05, 0.1) is 0 Å². The zero-order valence-corrected chi connectivity index (χ0v) is 49.9. The van der Waals surface area contributed by atoms with Gasteiger partial charge in [-0.15, -0.1) is 0 Å². The highest BCUT2D eigenvalue weighted by Gasteiger charge is 2.77. The smallest absolute Gasteiger partial charge is 0.413 e. The Morgan fingerprint density at radius 1 is 0.260 bits per heavy atom. The molecular weight excluding hydrogens is 1090 g/mol. The third kappa shape index (κ3) is 9.59. The summed E-state index contributed by atoms with van der Waals surface area (Å²) >= 11 is 0. The maximum absolute atomic E-state index is 8.30. The Hall–Kier alpha value is -4.59. The first-order valence-electron chi connectivity index (χ1n) is 23.9. The van der Waals surface area contributed by atoms with E-state index in [1.54, 1.807) is 0 Å². The Balaban J connectivity index is 1.30. The molecule has 4 fully saturated rings. The van der Waals surface area contributed by atoms with Crippen molar-refractivity contribution in [2.45, 2.75) is 13.1 Å². The lowest BCUT2D eigenvalue weighted by atomic mass is 10.4. The molecule has 23 heteroatoms. The summed E-state index contributed by atoms with van der Waals surface area (Å²) in [6.07, 6.45) is 0. The molecule has 4 saturated heterocycles. The largest absolute Gasteiger partial charge is 0.515 e. The summed E-state index contributed by atoms with van der Waals surface area (Å²) in [4.78, 5) is 0. The van der Waals surface area contributed by atoms with Crippen LogP contribution in [0, 0.1) is 0 Å². The standard InChI is InChI=1S/C50H48O13Si10/c1-64-51-66(43-27-11-3-12-28-43)55-71(48-37-21-8-22-38-48)58-68(45-31-15-5-16-32-45)53-65(2)54-70(47-35-19-7-20-36-47)60-72(49-39-23-9-24-40-49,57-67(56-68)44-29-13-4-14-30-44)59-69(52-64,46-33-17-6-18-34-46)61-73(62-70,63-71)50-41-25-10-26-42-50/h3-42,64-65H,1-2H3. The van der Waals surface area contributed by atoms with Crippen molar-refractivity contribution in [2.75, 3.05) is 0 Å². The maximum atomic E-state index is 8.30. The van der Waals surface area contributed by atoms with Crippen LogP contribution in [0.1, 0.15) is 0 Å². The third-order valence-corrected chi connectivity index (χ3v) is 48.4. The molecule has 8 unspecified atom stereocenters. The molecule has 0 amide bonds. The SMILES string of the molecule is C[SiH]1O[Si](c2ccccc2)O[Si]2(c3ccccc3)O[Si]3(c4ccccc4)O[Si](c4ccccc4)O[Si]4(c5ccccc5)O[Si](c5ccccc5)(O1)O[Si](c1ccccc1)(O2)O[Si](c1ccccc1)(O[SiH](C)O3)O4. The van der Waals surface area contributed by atoms with Crippen molar-refractivity contribution in [1.29, 1.82) is 0 Å². The lowest BCUT2D eigenvalue weighted by Crippen LogP contribution is -2.88. The minimum atomic E-state index is -4.90. The van der Waals surface area contributed by atoms with Gasteiger partial charge in [0.25, 0.3) is 0 Å². The van der Waals surface area contributed by atoms with E-state index >= 15 is 0 Å². The first-order valence-corrected chi connectivity index (χ1v) is 41.1. The molecule has 4 heterocycles. The molecule has 8 aromatic carbocycles. The van der Waals surface area contributed by atoms with E-state index in [4.69, 9.17) is 53.5 Å². The highest BCUT2D eigenvalue weighted by Crippen LogP contribution is 2.40. The van der Waals surface area contributed by atoms with Crippen LogP contribution in [0.2, 0.25) is 13.1 Å². The van der Waals surface area contributed by atoms with Gasteiger partial charge in [-0.25, -0.2) is 0 Å². The van der Waals surface area contributed by atoms with Crippen LogP contribution < -0.4 is 41.5 Å². The molecule has 13 nitrogen and oxygen atoms in total. The molecule has 8 atom stereocenters. The highest BCUT2D eigenvalue weighted by molar-refractivity contribution is 7.08. The Kier molecular flexibility index (Phi) is 13.8. The molecule has 366 valence electrons. The van der Waals surface area contributed by atoms with Crippen molar-refractivity contribution < 1.29 is 53.5 Å². The molecular formula is C50H48O13Si10. The van der Waals surface area contributed by atoms with Crippen LogP contribution in [-0.2, 0) is 53.5 Å². The highest BCUT2D eigenvalue weighted by atomic mass is 28.6. The van der Waals surface area contributed by atoms with Gasteiger partial charge in [0.15, 0.2) is 0 Å². The predicted octanol–water partition coefficient (Wildman–Crippen LogP) is 2.82. The molecule has 73 heavy (non-hydrogen) atoms. The van der Waals surface area contributed by atoms with Gasteiger partial charge in [0.1, 0.15) is 0 Å². The molecule has 0 aromatic heterocycles. The van der Waals surface area contributed by atoms with Crippen LogP contribution in [0.5, 0.6) is 0 Å². The molecule has 8 aromatic rings. The van der Waals surface area contributed by atoms with Crippen molar-refractivity contribution in [1.82, 2.24) is 0 Å². The first-order chi connectivity index (χ1) is 35.7. The second kappa shape index (κ2) is 20.5. The molecule has 0 saturated carbocycles. The molecule has 2 radical (unpaired) electrons. The molecule has 0 aliphatic carbocycles. The Bertz CT molecular complexity index is 3070. The Labute approximate surface area is 437 Å². The average Bonchev–Trinajstić information content (AvgIpc) is 3.43. The molecule has 12 rings (SSSR count). The van der Waals surface area contributed by atoms with Gasteiger partial charge in [-0.3, -0.25) is 0 Å². The van der Waals surface area contributed by atoms with E-state index in [1.165, 1.54) is 0 Å². The lowest BCUT2D eigenvalue weighted by Gasteiger charge is -2.55. The molecule has 4 aliphatic rings. The van der Waals surface area contributed by atoms with Gasteiger partial charge in [-0.05, 0) is 23.5 Å². The summed E-state index contributed by atoms with van der Waals surface area (Å²) in [5.41, 5.74) is 0. The number of benzene rings is 8. The zero-order valence-electron chi connectivity index (χ0n) is 39.6. The van der Waals surface area contributed by atoms with E-state index in [0.717, 1.165) is 10.4 Å². The van der Waals surface area contributed by atoms with Crippen LogP contribution in [-0.4, -0.2) is 90.0 Å². The molecule has 0 spiro atoms. The van der Waals surface area contributed by atoms with Crippen molar-refractivity contribution in [2.24, 2.45) is 0 Å². The quantitative estimate of drug-likeness (QED) is 0.208. The van der Waals surface area contributed by atoms with E-state index in [0.29, 0.717) is 31.1 Å². The van der Waals surface area contributed by atoms with Gasteiger partial charge < -0.3 is 53.5 Å². The van der Waals surface area contributed by atoms with Crippen molar-refractivity contribution in [3.8, 4) is 0 Å². The summed E-state index contributed by atoms with van der Waals surface area (Å²) in [5.74, 6) is 0. The predicted molar refractivity (Wildman–Crippen MR) is 295 cm³/mol. The lowest BCUT2D eigenvalue weighted by molar-refractivity contribution is 0.0658. The maximum Gasteiger partial charge on any atom is 0.515 e. The van der Waals surface area contributed by atoms with E-state index < -0.39 is 90.0 Å². The summed E-state index contributed by atoms with van der Waals surface area (Å²) in [7, 11) is -40.3. The van der Waals surface area contributed by atoms with Crippen LogP contribution >= 0.6 is 0 Å². The fraction of sp³-hybridized carbons (Fsp3) is 0.0400. The minimum absolute atomic E-state index is 0.559. The van der Waals surface area contributed by atoms with Gasteiger partial charge in [-0.2, -0.15) is 0 Å². The van der Waals surface area contributed by atoms with E-state index in [9.17, 15) is 0 Å². The second-order valence-electron chi connectivity index (χ2n) is 17.4. The van der Waals surface area contributed by atoms with Crippen LogP contribution in [0.25, 0.3) is 0 Å². The van der Waals surface area contributed by atoms with Crippen LogP contribution in [0.4, 0.5) is 0 Å².